The molecule has 0 aliphatic rings. The molecular formula is C11H12N4O2. The van der Waals surface area contributed by atoms with Gasteiger partial charge in [-0.15, -0.1) is 10.2 Å². The average Bonchev–Trinajstić information content (AvgIpc) is 2.39. The van der Waals surface area contributed by atoms with Gasteiger partial charge in [0.25, 0.3) is 0 Å². The maximum atomic E-state index is 9.59. The van der Waals surface area contributed by atoms with Crippen LogP contribution in [-0.4, -0.2) is 32.4 Å². The first kappa shape index (κ1) is 11.4. The van der Waals surface area contributed by atoms with Crippen molar-refractivity contribution in [2.75, 3.05) is 7.11 Å². The summed E-state index contributed by atoms with van der Waals surface area (Å²) in [7, 11) is 1.52. The van der Waals surface area contributed by atoms with E-state index < -0.39 is 6.10 Å². The fourth-order valence-corrected chi connectivity index (χ4v) is 1.41. The van der Waals surface area contributed by atoms with Gasteiger partial charge in [0.05, 0.1) is 18.9 Å². The van der Waals surface area contributed by atoms with Crippen LogP contribution in [0.3, 0.4) is 0 Å². The lowest BCUT2D eigenvalue weighted by molar-refractivity contribution is 0.194. The monoisotopic (exact) mass is 232 g/mol. The van der Waals surface area contributed by atoms with Crippen molar-refractivity contribution in [2.45, 2.75) is 13.0 Å². The average molecular weight is 232 g/mol. The molecule has 0 aromatic carbocycles. The number of aliphatic hydroxyl groups excluding tert-OH is 1. The van der Waals surface area contributed by atoms with Crippen molar-refractivity contribution in [3.63, 3.8) is 0 Å². The number of ether oxygens (including phenoxy) is 1. The Hall–Kier alpha value is -2.08. The highest BCUT2D eigenvalue weighted by molar-refractivity contribution is 5.56. The molecule has 0 saturated heterocycles. The van der Waals surface area contributed by atoms with Crippen molar-refractivity contribution in [2.24, 2.45) is 0 Å². The first-order valence-electron chi connectivity index (χ1n) is 5.09. The lowest BCUT2D eigenvalue weighted by Gasteiger charge is -2.08. The third kappa shape index (κ3) is 2.36. The van der Waals surface area contributed by atoms with Gasteiger partial charge in [0.2, 0.25) is 5.88 Å². The van der Waals surface area contributed by atoms with E-state index in [1.54, 1.807) is 25.3 Å². The van der Waals surface area contributed by atoms with E-state index in [4.69, 9.17) is 4.74 Å². The number of aromatic nitrogens is 4. The number of hydrogen-bond donors (Lipinski definition) is 1. The molecule has 2 aromatic rings. The highest BCUT2D eigenvalue weighted by Crippen LogP contribution is 2.22. The van der Waals surface area contributed by atoms with Crippen molar-refractivity contribution < 1.29 is 9.84 Å². The fourth-order valence-electron chi connectivity index (χ4n) is 1.41. The number of hydrogen-bond acceptors (Lipinski definition) is 6. The minimum Gasteiger partial charge on any atom is -0.480 e. The zero-order valence-electron chi connectivity index (χ0n) is 9.53. The van der Waals surface area contributed by atoms with Gasteiger partial charge in [-0.25, -0.2) is 0 Å². The molecule has 0 aliphatic heterocycles. The lowest BCUT2D eigenvalue weighted by atomic mass is 10.1. The molecule has 0 saturated carbocycles. The van der Waals surface area contributed by atoms with Gasteiger partial charge in [-0.1, -0.05) is 0 Å². The van der Waals surface area contributed by atoms with E-state index in [-0.39, 0.29) is 0 Å². The highest BCUT2D eigenvalue weighted by atomic mass is 16.5. The van der Waals surface area contributed by atoms with Crippen molar-refractivity contribution in [1.82, 2.24) is 20.2 Å². The molecule has 0 radical (unpaired) electrons. The van der Waals surface area contributed by atoms with E-state index >= 15 is 0 Å². The van der Waals surface area contributed by atoms with Gasteiger partial charge < -0.3 is 9.84 Å². The van der Waals surface area contributed by atoms with Crippen molar-refractivity contribution in [1.29, 1.82) is 0 Å². The maximum Gasteiger partial charge on any atom is 0.233 e. The van der Waals surface area contributed by atoms with E-state index in [9.17, 15) is 5.11 Å². The molecule has 0 fully saturated rings. The van der Waals surface area contributed by atoms with E-state index in [0.29, 0.717) is 23.0 Å². The predicted octanol–water partition coefficient (Wildman–Crippen LogP) is 0.995. The minimum atomic E-state index is -0.706. The summed E-state index contributed by atoms with van der Waals surface area (Å²) >= 11 is 0. The summed E-state index contributed by atoms with van der Waals surface area (Å²) in [5.41, 5.74) is 1.56. The molecule has 6 nitrogen and oxygen atoms in total. The quantitative estimate of drug-likeness (QED) is 0.850. The minimum absolute atomic E-state index is 0.427. The Morgan fingerprint density at radius 2 is 1.94 bits per heavy atom. The molecule has 6 heteroatoms. The molecule has 1 atom stereocenters. The molecule has 0 amide bonds. The van der Waals surface area contributed by atoms with Crippen LogP contribution in [0.5, 0.6) is 5.88 Å². The van der Waals surface area contributed by atoms with Crippen molar-refractivity contribution in [3.05, 3.63) is 30.2 Å². The molecule has 1 unspecified atom stereocenters. The second kappa shape index (κ2) is 4.84. The summed E-state index contributed by atoms with van der Waals surface area (Å²) in [6, 6.07) is 3.41. The molecular weight excluding hydrogens is 220 g/mol. The number of methoxy groups -OCH3 is 1. The summed E-state index contributed by atoms with van der Waals surface area (Å²) in [4.78, 5) is 8.25. The van der Waals surface area contributed by atoms with Crippen LogP contribution in [0.4, 0.5) is 0 Å². The number of nitrogens with zero attached hydrogens (tertiary/aromatic N) is 4. The van der Waals surface area contributed by atoms with Crippen LogP contribution in [0.25, 0.3) is 11.4 Å². The summed E-state index contributed by atoms with van der Waals surface area (Å²) in [5, 5.41) is 17.4. The van der Waals surface area contributed by atoms with Crippen LogP contribution in [-0.2, 0) is 0 Å². The molecule has 17 heavy (non-hydrogen) atoms. The van der Waals surface area contributed by atoms with Crippen molar-refractivity contribution in [3.8, 4) is 17.3 Å². The van der Waals surface area contributed by atoms with Crippen molar-refractivity contribution >= 4 is 0 Å². The normalized spacial score (nSPS) is 12.2. The molecule has 88 valence electrons. The Morgan fingerprint density at radius 1 is 1.18 bits per heavy atom. The Morgan fingerprint density at radius 3 is 2.53 bits per heavy atom. The van der Waals surface area contributed by atoms with Crippen LogP contribution >= 0.6 is 0 Å². The largest absolute Gasteiger partial charge is 0.480 e. The second-order valence-corrected chi connectivity index (χ2v) is 3.43. The predicted molar refractivity (Wildman–Crippen MR) is 60.2 cm³/mol. The Kier molecular flexibility index (Phi) is 3.24. The fraction of sp³-hybridized carbons (Fsp3) is 0.273. The molecule has 2 aromatic heterocycles. The number of rotatable bonds is 3. The van der Waals surface area contributed by atoms with Crippen LogP contribution < -0.4 is 4.74 Å². The zero-order chi connectivity index (χ0) is 12.3. The maximum absolute atomic E-state index is 9.59. The van der Waals surface area contributed by atoms with Gasteiger partial charge in [-0.05, 0) is 13.0 Å². The first-order chi connectivity index (χ1) is 8.22. The molecule has 0 spiro atoms. The number of aliphatic hydroxyl groups is 1. The summed E-state index contributed by atoms with van der Waals surface area (Å²) < 4.78 is 4.92. The van der Waals surface area contributed by atoms with Gasteiger partial charge in [-0.3, -0.25) is 9.97 Å². The van der Waals surface area contributed by atoms with E-state index in [2.05, 4.69) is 20.2 Å². The van der Waals surface area contributed by atoms with Gasteiger partial charge in [0.1, 0.15) is 11.4 Å². The highest BCUT2D eigenvalue weighted by Gasteiger charge is 2.13. The Bertz CT molecular complexity index is 499. The SMILES string of the molecule is COc1ccc(-c2nccnc2C(C)O)nn1. The zero-order valence-corrected chi connectivity index (χ0v) is 9.53. The van der Waals surface area contributed by atoms with Crippen LogP contribution in [0.2, 0.25) is 0 Å². The second-order valence-electron chi connectivity index (χ2n) is 3.43. The summed E-state index contributed by atoms with van der Waals surface area (Å²) in [6.07, 6.45) is 2.37. The third-order valence-corrected chi connectivity index (χ3v) is 2.21. The first-order valence-corrected chi connectivity index (χ1v) is 5.09. The third-order valence-electron chi connectivity index (χ3n) is 2.21. The molecule has 0 bridgehead atoms. The molecule has 1 N–H and O–H groups in total. The lowest BCUT2D eigenvalue weighted by Crippen LogP contribution is -2.02. The summed E-state index contributed by atoms with van der Waals surface area (Å²) in [6.45, 7) is 1.63. The van der Waals surface area contributed by atoms with E-state index in [0.717, 1.165) is 0 Å². The van der Waals surface area contributed by atoms with Gasteiger partial charge in [-0.2, -0.15) is 0 Å². The molecule has 2 rings (SSSR count). The summed E-state index contributed by atoms with van der Waals surface area (Å²) in [5.74, 6) is 0.427. The van der Waals surface area contributed by atoms with Crippen LogP contribution in [0.15, 0.2) is 24.5 Å². The van der Waals surface area contributed by atoms with Crippen LogP contribution in [0.1, 0.15) is 18.7 Å². The van der Waals surface area contributed by atoms with Gasteiger partial charge in [0, 0.05) is 18.5 Å². The van der Waals surface area contributed by atoms with E-state index in [1.807, 2.05) is 0 Å². The van der Waals surface area contributed by atoms with Gasteiger partial charge in [0.15, 0.2) is 0 Å². The van der Waals surface area contributed by atoms with Gasteiger partial charge >= 0.3 is 0 Å². The smallest absolute Gasteiger partial charge is 0.233 e. The molecule has 0 aliphatic carbocycles. The topological polar surface area (TPSA) is 81.0 Å². The Balaban J connectivity index is 2.45. The van der Waals surface area contributed by atoms with Crippen LogP contribution in [0, 0.1) is 0 Å². The standard InChI is InChI=1S/C11H12N4O2/c1-7(16)10-11(13-6-5-12-10)8-3-4-9(17-2)15-14-8/h3-7,16H,1-2H3. The molecule has 2 heterocycles. The Labute approximate surface area is 98.3 Å². The van der Waals surface area contributed by atoms with E-state index in [1.165, 1.54) is 13.3 Å².